The van der Waals surface area contributed by atoms with Gasteiger partial charge in [0.05, 0.1) is 23.7 Å². The molecule has 0 spiro atoms. The van der Waals surface area contributed by atoms with E-state index in [2.05, 4.69) is 16.8 Å². The number of rotatable bonds is 4. The number of nitriles is 1. The third-order valence-corrected chi connectivity index (χ3v) is 5.22. The maximum Gasteiger partial charge on any atom is 0.274 e. The molecule has 0 unspecified atom stereocenters. The van der Waals surface area contributed by atoms with Crippen molar-refractivity contribution in [3.05, 3.63) is 59.3 Å². The molecule has 0 atom stereocenters. The lowest BCUT2D eigenvalue weighted by Crippen LogP contribution is -2.26. The van der Waals surface area contributed by atoms with Crippen LogP contribution < -0.4 is 5.73 Å². The predicted octanol–water partition coefficient (Wildman–Crippen LogP) is 2.55. The third-order valence-electron chi connectivity index (χ3n) is 5.22. The number of nitrogens with zero attached hydrogens (tertiary/aromatic N) is 4. The highest BCUT2D eigenvalue weighted by Gasteiger charge is 2.32. The number of carbonyl (C=O) groups is 2. The van der Waals surface area contributed by atoms with Crippen LogP contribution in [0.5, 0.6) is 0 Å². The van der Waals surface area contributed by atoms with Crippen LogP contribution in [0.1, 0.15) is 26.4 Å². The number of amides is 2. The van der Waals surface area contributed by atoms with Crippen LogP contribution in [0.25, 0.3) is 22.0 Å². The number of nitrogens with two attached hydrogens (primary N) is 1. The van der Waals surface area contributed by atoms with Crippen molar-refractivity contribution < 1.29 is 9.59 Å². The quantitative estimate of drug-likeness (QED) is 0.515. The van der Waals surface area contributed by atoms with Gasteiger partial charge in [0.2, 0.25) is 0 Å². The van der Waals surface area contributed by atoms with Crippen molar-refractivity contribution in [2.24, 2.45) is 0 Å². The fourth-order valence-electron chi connectivity index (χ4n) is 3.72. The first-order valence-corrected chi connectivity index (χ1v) is 9.30. The van der Waals surface area contributed by atoms with Crippen molar-refractivity contribution in [2.45, 2.75) is 6.54 Å². The molecule has 150 valence electrons. The molecule has 2 amide bonds. The van der Waals surface area contributed by atoms with E-state index >= 15 is 0 Å². The number of nitrogen functional groups attached to an aromatic ring is 1. The maximum atomic E-state index is 12.9. The van der Waals surface area contributed by atoms with E-state index in [4.69, 9.17) is 11.0 Å². The first kappa shape index (κ1) is 19.2. The molecule has 30 heavy (non-hydrogen) atoms. The van der Waals surface area contributed by atoms with Crippen molar-refractivity contribution in [1.29, 1.82) is 5.26 Å². The summed E-state index contributed by atoms with van der Waals surface area (Å²) in [5, 5.41) is 16.8. The summed E-state index contributed by atoms with van der Waals surface area (Å²) in [5.41, 5.74) is 10.9. The normalized spacial score (nSPS) is 12.7. The zero-order chi connectivity index (χ0) is 21.6. The van der Waals surface area contributed by atoms with Crippen LogP contribution in [0.3, 0.4) is 0 Å². The minimum absolute atomic E-state index is 0.158. The van der Waals surface area contributed by atoms with Gasteiger partial charge in [-0.25, -0.2) is 0 Å². The zero-order valence-corrected chi connectivity index (χ0v) is 16.7. The smallest absolute Gasteiger partial charge is 0.274 e. The van der Waals surface area contributed by atoms with Gasteiger partial charge in [-0.3, -0.25) is 14.7 Å². The molecule has 2 heterocycles. The predicted molar refractivity (Wildman–Crippen MR) is 113 cm³/mol. The zero-order valence-electron chi connectivity index (χ0n) is 16.7. The van der Waals surface area contributed by atoms with Crippen LogP contribution in [-0.4, -0.2) is 52.5 Å². The molecule has 0 radical (unpaired) electrons. The summed E-state index contributed by atoms with van der Waals surface area (Å²) in [4.78, 5) is 28.4. The van der Waals surface area contributed by atoms with Crippen molar-refractivity contribution in [3.8, 4) is 17.2 Å². The van der Waals surface area contributed by atoms with Gasteiger partial charge in [-0.2, -0.15) is 10.4 Å². The number of anilines is 1. The van der Waals surface area contributed by atoms with Crippen molar-refractivity contribution >= 4 is 28.4 Å². The number of aromatic amines is 1. The molecule has 1 aromatic heterocycles. The molecule has 8 nitrogen and oxygen atoms in total. The number of hydrogen-bond donors (Lipinski definition) is 2. The molecule has 0 bridgehead atoms. The Morgan fingerprint density at radius 3 is 2.83 bits per heavy atom. The summed E-state index contributed by atoms with van der Waals surface area (Å²) in [6, 6.07) is 11.2. The van der Waals surface area contributed by atoms with Crippen molar-refractivity contribution in [2.75, 3.05) is 26.4 Å². The van der Waals surface area contributed by atoms with E-state index < -0.39 is 0 Å². The number of H-pyrrole nitrogens is 1. The van der Waals surface area contributed by atoms with Gasteiger partial charge in [0.25, 0.3) is 11.8 Å². The monoisotopic (exact) mass is 400 g/mol. The molecule has 3 aromatic rings. The number of carbonyl (C=O) groups excluding carboxylic acids is 2. The van der Waals surface area contributed by atoms with E-state index in [0.29, 0.717) is 34.4 Å². The summed E-state index contributed by atoms with van der Waals surface area (Å²) in [5.74, 6) is -0.411. The van der Waals surface area contributed by atoms with Gasteiger partial charge in [0.1, 0.15) is 0 Å². The third kappa shape index (κ3) is 2.97. The first-order valence-electron chi connectivity index (χ1n) is 9.30. The number of nitrogens with one attached hydrogen (secondary N) is 1. The summed E-state index contributed by atoms with van der Waals surface area (Å²) in [6.07, 6.45) is 0. The molecule has 4 rings (SSSR count). The second kappa shape index (κ2) is 7.04. The van der Waals surface area contributed by atoms with Crippen molar-refractivity contribution in [1.82, 2.24) is 20.0 Å². The number of hydrogen-bond acceptors (Lipinski definition) is 5. The average molecular weight is 400 g/mol. The Labute approximate surface area is 173 Å². The van der Waals surface area contributed by atoms with E-state index in [-0.39, 0.29) is 18.4 Å². The largest absolute Gasteiger partial charge is 0.398 e. The Bertz CT molecular complexity index is 1260. The summed E-state index contributed by atoms with van der Waals surface area (Å²) >= 11 is 0. The minimum atomic E-state index is -0.214. The molecular weight excluding hydrogens is 380 g/mol. The van der Waals surface area contributed by atoms with Crippen LogP contribution in [0.2, 0.25) is 0 Å². The standard InChI is InChI=1S/C22H20N6O2/c1-12(9-23)10-28-11-16-14(5-6-17(24)19(16)21(28)29)13-4-7-18-15(8-13)20(26-25-18)22(30)27(2)3/h4-8H,1,10-11,24H2,2-3H3,(H,25,26). The summed E-state index contributed by atoms with van der Waals surface area (Å²) in [7, 11) is 3.35. The SMILES string of the molecule is C=C(C#N)CN1Cc2c(-c3ccc4[nH]nc(C(=O)N(C)C)c4c3)ccc(N)c2C1=O. The first-order chi connectivity index (χ1) is 14.3. The molecule has 1 aliphatic rings. The van der Waals surface area contributed by atoms with Crippen molar-refractivity contribution in [3.63, 3.8) is 0 Å². The van der Waals surface area contributed by atoms with E-state index in [9.17, 15) is 9.59 Å². The highest BCUT2D eigenvalue weighted by molar-refractivity contribution is 6.07. The lowest BCUT2D eigenvalue weighted by atomic mass is 9.94. The second-order valence-electron chi connectivity index (χ2n) is 7.46. The topological polar surface area (TPSA) is 119 Å². The summed E-state index contributed by atoms with van der Waals surface area (Å²) in [6.45, 7) is 4.17. The van der Waals surface area contributed by atoms with Gasteiger partial charge in [-0.1, -0.05) is 18.7 Å². The number of benzene rings is 2. The molecule has 8 heteroatoms. The van der Waals surface area contributed by atoms with Gasteiger partial charge < -0.3 is 15.5 Å². The fraction of sp³-hybridized carbons (Fsp3) is 0.182. The maximum absolute atomic E-state index is 12.9. The Kier molecular flexibility index (Phi) is 4.51. The molecule has 2 aromatic carbocycles. The fourth-order valence-corrected chi connectivity index (χ4v) is 3.72. The van der Waals surface area contributed by atoms with E-state index in [1.807, 2.05) is 30.3 Å². The van der Waals surface area contributed by atoms with Crippen LogP contribution in [0, 0.1) is 11.3 Å². The number of aromatic nitrogens is 2. The molecular formula is C22H20N6O2. The van der Waals surface area contributed by atoms with Crippen LogP contribution in [0.4, 0.5) is 5.69 Å². The average Bonchev–Trinajstić information content (AvgIpc) is 3.29. The Hall–Kier alpha value is -4.12. The summed E-state index contributed by atoms with van der Waals surface area (Å²) < 4.78 is 0. The second-order valence-corrected chi connectivity index (χ2v) is 7.46. The molecule has 3 N–H and O–H groups in total. The lowest BCUT2D eigenvalue weighted by molar-refractivity contribution is 0.0793. The molecule has 0 fully saturated rings. The highest BCUT2D eigenvalue weighted by atomic mass is 16.2. The van der Waals surface area contributed by atoms with Gasteiger partial charge in [-0.05, 0) is 34.9 Å². The molecule has 0 saturated carbocycles. The van der Waals surface area contributed by atoms with Gasteiger partial charge in [0, 0.05) is 37.3 Å². The Balaban J connectivity index is 1.82. The molecule has 0 aliphatic carbocycles. The highest BCUT2D eigenvalue weighted by Crippen LogP contribution is 2.37. The molecule has 1 aliphatic heterocycles. The Morgan fingerprint density at radius 2 is 2.13 bits per heavy atom. The van der Waals surface area contributed by atoms with Gasteiger partial charge in [-0.15, -0.1) is 0 Å². The minimum Gasteiger partial charge on any atom is -0.398 e. The van der Waals surface area contributed by atoms with Crippen LogP contribution in [-0.2, 0) is 6.54 Å². The van der Waals surface area contributed by atoms with Gasteiger partial charge >= 0.3 is 0 Å². The van der Waals surface area contributed by atoms with E-state index in [1.54, 1.807) is 25.1 Å². The van der Waals surface area contributed by atoms with Gasteiger partial charge in [0.15, 0.2) is 5.69 Å². The van der Waals surface area contributed by atoms with Crippen LogP contribution >= 0.6 is 0 Å². The molecule has 0 saturated heterocycles. The number of fused-ring (bicyclic) bond motifs is 2. The van der Waals surface area contributed by atoms with Crippen LogP contribution in [0.15, 0.2) is 42.5 Å². The van der Waals surface area contributed by atoms with E-state index in [1.165, 1.54) is 4.90 Å². The Morgan fingerprint density at radius 1 is 1.37 bits per heavy atom. The van der Waals surface area contributed by atoms with E-state index in [0.717, 1.165) is 22.2 Å². The lowest BCUT2D eigenvalue weighted by Gasteiger charge is -2.14.